The highest BCUT2D eigenvalue weighted by molar-refractivity contribution is 6.31. The molecular weight excluding hydrogens is 446 g/mol. The molecule has 0 atom stereocenters. The van der Waals surface area contributed by atoms with Gasteiger partial charge in [0, 0.05) is 47.2 Å². The molecule has 0 saturated heterocycles. The van der Waals surface area contributed by atoms with Crippen LogP contribution in [0, 0.1) is 12.8 Å². The number of benzene rings is 2. The van der Waals surface area contributed by atoms with E-state index in [-0.39, 0.29) is 17.7 Å². The number of aromatic amines is 1. The highest BCUT2D eigenvalue weighted by Gasteiger charge is 2.25. The molecule has 0 unspecified atom stereocenters. The Labute approximate surface area is 207 Å². The molecule has 2 aromatic carbocycles. The Hall–Kier alpha value is -2.79. The number of nitrogens with one attached hydrogen (secondary N) is 1. The number of carbonyl (C=O) groups excluding carboxylic acids is 2. The van der Waals surface area contributed by atoms with Gasteiger partial charge in [-0.3, -0.25) is 9.59 Å². The van der Waals surface area contributed by atoms with Crippen LogP contribution in [0.2, 0.25) is 5.02 Å². The van der Waals surface area contributed by atoms with Crippen molar-refractivity contribution in [3.63, 3.8) is 0 Å². The third-order valence-electron chi connectivity index (χ3n) is 6.73. The summed E-state index contributed by atoms with van der Waals surface area (Å²) in [5.74, 6) is 0.0312. The first-order valence-electron chi connectivity index (χ1n) is 12.3. The van der Waals surface area contributed by atoms with E-state index in [9.17, 15) is 9.59 Å². The van der Waals surface area contributed by atoms with Crippen molar-refractivity contribution in [2.45, 2.75) is 59.4 Å². The zero-order valence-corrected chi connectivity index (χ0v) is 21.1. The summed E-state index contributed by atoms with van der Waals surface area (Å²) in [5, 5.41) is 1.63. The fourth-order valence-electron chi connectivity index (χ4n) is 4.80. The van der Waals surface area contributed by atoms with E-state index < -0.39 is 0 Å². The van der Waals surface area contributed by atoms with Crippen molar-refractivity contribution in [1.82, 2.24) is 9.88 Å². The molecule has 1 aliphatic rings. The molecule has 0 saturated carbocycles. The molecular formula is C28H34ClN3O2. The summed E-state index contributed by atoms with van der Waals surface area (Å²) < 4.78 is 0. The van der Waals surface area contributed by atoms with Gasteiger partial charge in [0.1, 0.15) is 5.69 Å². The first-order valence-corrected chi connectivity index (χ1v) is 12.7. The fourth-order valence-corrected chi connectivity index (χ4v) is 4.97. The molecule has 2 amide bonds. The van der Waals surface area contributed by atoms with Crippen LogP contribution in [-0.2, 0) is 11.3 Å². The lowest BCUT2D eigenvalue weighted by Crippen LogP contribution is -2.37. The number of anilines is 1. The van der Waals surface area contributed by atoms with E-state index in [2.05, 4.69) is 4.98 Å². The molecule has 2 heterocycles. The molecule has 4 rings (SSSR count). The predicted octanol–water partition coefficient (Wildman–Crippen LogP) is 6.73. The molecule has 3 aromatic rings. The van der Waals surface area contributed by atoms with E-state index in [1.165, 1.54) is 0 Å². The van der Waals surface area contributed by atoms with Gasteiger partial charge in [0.05, 0.1) is 0 Å². The quantitative estimate of drug-likeness (QED) is 0.443. The van der Waals surface area contributed by atoms with Crippen LogP contribution in [0.3, 0.4) is 0 Å². The number of para-hydroxylation sites is 1. The Morgan fingerprint density at radius 1 is 0.971 bits per heavy atom. The molecule has 1 N–H and O–H groups in total. The normalized spacial score (nSPS) is 15.7. The second-order valence-corrected chi connectivity index (χ2v) is 10.0. The maximum atomic E-state index is 13.8. The van der Waals surface area contributed by atoms with Crippen molar-refractivity contribution in [1.29, 1.82) is 0 Å². The SMILES string of the molecule is Cc1c(C(=O)N2CCCCCCCN(C(=O)C(C)C)c3ccccc3C2)[nH]c2ccc(Cl)cc12. The van der Waals surface area contributed by atoms with Gasteiger partial charge in [-0.15, -0.1) is 0 Å². The van der Waals surface area contributed by atoms with Gasteiger partial charge in [-0.25, -0.2) is 0 Å². The van der Waals surface area contributed by atoms with Crippen LogP contribution in [0.4, 0.5) is 5.69 Å². The molecule has 0 fully saturated rings. The van der Waals surface area contributed by atoms with Crippen molar-refractivity contribution in [2.24, 2.45) is 5.92 Å². The highest BCUT2D eigenvalue weighted by Crippen LogP contribution is 2.29. The number of fused-ring (bicyclic) bond motifs is 2. The van der Waals surface area contributed by atoms with E-state index in [0.717, 1.165) is 59.8 Å². The maximum absolute atomic E-state index is 13.8. The summed E-state index contributed by atoms with van der Waals surface area (Å²) >= 11 is 6.21. The third-order valence-corrected chi connectivity index (χ3v) is 6.97. The smallest absolute Gasteiger partial charge is 0.270 e. The van der Waals surface area contributed by atoms with E-state index in [1.54, 1.807) is 0 Å². The van der Waals surface area contributed by atoms with Crippen LogP contribution in [0.15, 0.2) is 42.5 Å². The number of aryl methyl sites for hydroxylation is 1. The summed E-state index contributed by atoms with van der Waals surface area (Å²) in [4.78, 5) is 34.1. The Bertz CT molecular complexity index is 1180. The Kier molecular flexibility index (Phi) is 7.62. The Morgan fingerprint density at radius 3 is 2.44 bits per heavy atom. The molecule has 5 nitrogen and oxygen atoms in total. The van der Waals surface area contributed by atoms with Crippen molar-refractivity contribution < 1.29 is 9.59 Å². The van der Waals surface area contributed by atoms with Gasteiger partial charge in [0.15, 0.2) is 0 Å². The number of rotatable bonds is 2. The molecule has 6 heteroatoms. The molecule has 0 bridgehead atoms. The van der Waals surface area contributed by atoms with Gasteiger partial charge in [0.25, 0.3) is 5.91 Å². The van der Waals surface area contributed by atoms with Crippen LogP contribution < -0.4 is 4.90 Å². The van der Waals surface area contributed by atoms with Crippen molar-refractivity contribution in [3.8, 4) is 0 Å². The summed E-state index contributed by atoms with van der Waals surface area (Å²) in [6, 6.07) is 13.7. The lowest BCUT2D eigenvalue weighted by molar-refractivity contribution is -0.121. The molecule has 0 spiro atoms. The molecule has 180 valence electrons. The third kappa shape index (κ3) is 5.15. The van der Waals surface area contributed by atoms with Crippen molar-refractivity contribution >= 4 is 40.0 Å². The molecule has 1 aromatic heterocycles. The zero-order chi connectivity index (χ0) is 24.2. The Morgan fingerprint density at radius 2 is 1.68 bits per heavy atom. The lowest BCUT2D eigenvalue weighted by atomic mass is 10.0. The number of nitrogens with zero attached hydrogens (tertiary/aromatic N) is 2. The number of amides is 2. The van der Waals surface area contributed by atoms with E-state index in [0.29, 0.717) is 30.4 Å². The topological polar surface area (TPSA) is 56.4 Å². The van der Waals surface area contributed by atoms with E-state index >= 15 is 0 Å². The zero-order valence-electron chi connectivity index (χ0n) is 20.4. The number of hydrogen-bond acceptors (Lipinski definition) is 2. The molecule has 1 aliphatic heterocycles. The molecule has 0 aliphatic carbocycles. The average molecular weight is 480 g/mol. The van der Waals surface area contributed by atoms with Crippen LogP contribution in [0.1, 0.15) is 67.6 Å². The minimum Gasteiger partial charge on any atom is -0.350 e. The summed E-state index contributed by atoms with van der Waals surface area (Å²) in [6.07, 6.45) is 5.22. The van der Waals surface area contributed by atoms with Crippen LogP contribution in [0.5, 0.6) is 0 Å². The summed E-state index contributed by atoms with van der Waals surface area (Å²) in [7, 11) is 0. The van der Waals surface area contributed by atoms with Gasteiger partial charge in [-0.05, 0) is 55.2 Å². The van der Waals surface area contributed by atoms with Gasteiger partial charge >= 0.3 is 0 Å². The second-order valence-electron chi connectivity index (χ2n) is 9.58. The summed E-state index contributed by atoms with van der Waals surface area (Å²) in [6.45, 7) is 7.72. The highest BCUT2D eigenvalue weighted by atomic mass is 35.5. The van der Waals surface area contributed by atoms with Gasteiger partial charge in [-0.2, -0.15) is 0 Å². The first-order chi connectivity index (χ1) is 16.4. The largest absolute Gasteiger partial charge is 0.350 e. The van der Waals surface area contributed by atoms with E-state index in [1.807, 2.05) is 73.0 Å². The first kappa shape index (κ1) is 24.3. The molecule has 0 radical (unpaired) electrons. The standard InChI is InChI=1S/C28H34ClN3O2/c1-19(2)27(33)32-16-10-6-4-5-9-15-31(18-21-11-7-8-12-25(21)32)28(34)26-20(3)23-17-22(29)13-14-24(23)30-26/h7-8,11-14,17,19,30H,4-6,9-10,15-16,18H2,1-3H3. The average Bonchev–Trinajstić information content (AvgIpc) is 3.14. The summed E-state index contributed by atoms with van der Waals surface area (Å²) in [5.41, 5.74) is 4.35. The van der Waals surface area contributed by atoms with Gasteiger partial charge in [-0.1, -0.05) is 62.9 Å². The van der Waals surface area contributed by atoms with Crippen LogP contribution in [0.25, 0.3) is 10.9 Å². The number of halogens is 1. The predicted molar refractivity (Wildman–Crippen MR) is 140 cm³/mol. The van der Waals surface area contributed by atoms with Crippen molar-refractivity contribution in [2.75, 3.05) is 18.0 Å². The minimum absolute atomic E-state index is 0.0154. The maximum Gasteiger partial charge on any atom is 0.270 e. The lowest BCUT2D eigenvalue weighted by Gasteiger charge is -2.30. The monoisotopic (exact) mass is 479 g/mol. The Balaban J connectivity index is 1.71. The minimum atomic E-state index is -0.0838. The number of aromatic nitrogens is 1. The number of carbonyl (C=O) groups is 2. The van der Waals surface area contributed by atoms with E-state index in [4.69, 9.17) is 11.6 Å². The number of hydrogen-bond donors (Lipinski definition) is 1. The van der Waals surface area contributed by atoms with Gasteiger partial charge in [0.2, 0.25) is 5.91 Å². The second kappa shape index (κ2) is 10.6. The number of H-pyrrole nitrogens is 1. The fraction of sp³-hybridized carbons (Fsp3) is 0.429. The van der Waals surface area contributed by atoms with Crippen LogP contribution in [-0.4, -0.2) is 34.8 Å². The van der Waals surface area contributed by atoms with Gasteiger partial charge < -0.3 is 14.8 Å². The van der Waals surface area contributed by atoms with Crippen LogP contribution >= 0.6 is 11.6 Å². The molecule has 34 heavy (non-hydrogen) atoms. The van der Waals surface area contributed by atoms with Crippen molar-refractivity contribution in [3.05, 3.63) is 64.3 Å².